The van der Waals surface area contributed by atoms with E-state index in [0.717, 1.165) is 11.5 Å². The summed E-state index contributed by atoms with van der Waals surface area (Å²) in [6.45, 7) is 4.11. The van der Waals surface area contributed by atoms with Crippen molar-refractivity contribution in [2.75, 3.05) is 31.4 Å². The molecule has 0 aromatic carbocycles. The second kappa shape index (κ2) is 5.70. The van der Waals surface area contributed by atoms with Gasteiger partial charge in [0.2, 0.25) is 0 Å². The van der Waals surface area contributed by atoms with Gasteiger partial charge in [0, 0.05) is 21.2 Å². The normalized spacial score (nSPS) is 14.3. The highest BCUT2D eigenvalue weighted by atomic mass is 16.5. The zero-order valence-electron chi connectivity index (χ0n) is 10.7. The molecule has 0 fully saturated rings. The lowest BCUT2D eigenvalue weighted by Gasteiger charge is -2.20. The van der Waals surface area contributed by atoms with Gasteiger partial charge in [0.1, 0.15) is 5.82 Å². The molecule has 4 nitrogen and oxygen atoms in total. The third-order valence-electron chi connectivity index (χ3n) is 2.72. The van der Waals surface area contributed by atoms with Gasteiger partial charge >= 0.3 is 0 Å². The highest BCUT2D eigenvalue weighted by Gasteiger charge is 2.10. The third-order valence-corrected chi connectivity index (χ3v) is 2.72. The van der Waals surface area contributed by atoms with Gasteiger partial charge in [0.05, 0.1) is 24.0 Å². The van der Waals surface area contributed by atoms with Crippen molar-refractivity contribution < 1.29 is 4.74 Å². The second-order valence-electron chi connectivity index (χ2n) is 4.17. The zero-order valence-corrected chi connectivity index (χ0v) is 10.7. The lowest BCUT2D eigenvalue weighted by Crippen LogP contribution is -2.30. The van der Waals surface area contributed by atoms with E-state index in [4.69, 9.17) is 4.74 Å². The maximum atomic E-state index is 5.25. The van der Waals surface area contributed by atoms with E-state index in [-0.39, 0.29) is 12.1 Å². The zero-order chi connectivity index (χ0) is 12.1. The lowest BCUT2D eigenvalue weighted by atomic mass is 10.2. The fourth-order valence-electron chi connectivity index (χ4n) is 1.29. The number of anilines is 2. The van der Waals surface area contributed by atoms with Gasteiger partial charge in [-0.2, -0.15) is 0 Å². The standard InChI is InChI=1S/C12H21N3O/c1-9(10(2)16-5)14-12-7-6-11(8-13-12)15(3)4/h6-10H,1-5H3,(H,13,14). The van der Waals surface area contributed by atoms with E-state index in [2.05, 4.69) is 17.2 Å². The smallest absolute Gasteiger partial charge is 0.126 e. The molecule has 1 heterocycles. The molecule has 0 aliphatic carbocycles. The Morgan fingerprint density at radius 1 is 1.31 bits per heavy atom. The predicted molar refractivity (Wildman–Crippen MR) is 68.1 cm³/mol. The summed E-state index contributed by atoms with van der Waals surface area (Å²) in [4.78, 5) is 6.37. The molecule has 4 heteroatoms. The maximum Gasteiger partial charge on any atom is 0.126 e. The van der Waals surface area contributed by atoms with Crippen LogP contribution in [0.5, 0.6) is 0 Å². The molecule has 16 heavy (non-hydrogen) atoms. The number of aromatic nitrogens is 1. The Bertz CT molecular complexity index is 311. The second-order valence-corrected chi connectivity index (χ2v) is 4.17. The van der Waals surface area contributed by atoms with E-state index in [1.807, 2.05) is 44.2 Å². The first-order chi connectivity index (χ1) is 7.54. The fourth-order valence-corrected chi connectivity index (χ4v) is 1.29. The molecule has 0 radical (unpaired) electrons. The molecule has 0 aliphatic rings. The van der Waals surface area contributed by atoms with E-state index in [0.29, 0.717) is 0 Å². The number of pyridine rings is 1. The van der Waals surface area contributed by atoms with E-state index >= 15 is 0 Å². The molecule has 1 rings (SSSR count). The highest BCUT2D eigenvalue weighted by Crippen LogP contribution is 2.13. The number of rotatable bonds is 5. The summed E-state index contributed by atoms with van der Waals surface area (Å²) in [5.74, 6) is 0.877. The summed E-state index contributed by atoms with van der Waals surface area (Å²) < 4.78 is 5.25. The van der Waals surface area contributed by atoms with Crippen LogP contribution in [0.2, 0.25) is 0 Å². The first kappa shape index (κ1) is 12.8. The number of hydrogen-bond donors (Lipinski definition) is 1. The van der Waals surface area contributed by atoms with Crippen LogP contribution in [-0.2, 0) is 4.74 Å². The Labute approximate surface area is 97.6 Å². The summed E-state index contributed by atoms with van der Waals surface area (Å²) in [7, 11) is 5.71. The molecular weight excluding hydrogens is 202 g/mol. The minimum Gasteiger partial charge on any atom is -0.380 e. The van der Waals surface area contributed by atoms with Crippen LogP contribution in [0.3, 0.4) is 0 Å². The van der Waals surface area contributed by atoms with Crippen LogP contribution in [-0.4, -0.2) is 38.3 Å². The Morgan fingerprint density at radius 3 is 2.44 bits per heavy atom. The number of nitrogens with one attached hydrogen (secondary N) is 1. The van der Waals surface area contributed by atoms with Crippen molar-refractivity contribution in [3.05, 3.63) is 18.3 Å². The maximum absolute atomic E-state index is 5.25. The van der Waals surface area contributed by atoms with Gasteiger partial charge in [-0.05, 0) is 26.0 Å². The van der Waals surface area contributed by atoms with E-state index in [1.54, 1.807) is 7.11 Å². The molecule has 1 aromatic rings. The van der Waals surface area contributed by atoms with Gasteiger partial charge in [-0.15, -0.1) is 0 Å². The fraction of sp³-hybridized carbons (Fsp3) is 0.583. The minimum absolute atomic E-state index is 0.162. The molecule has 0 saturated carbocycles. The average molecular weight is 223 g/mol. The molecule has 0 amide bonds. The molecule has 90 valence electrons. The molecule has 0 saturated heterocycles. The predicted octanol–water partition coefficient (Wildman–Crippen LogP) is 1.98. The molecule has 0 spiro atoms. The molecule has 0 aliphatic heterocycles. The van der Waals surface area contributed by atoms with Gasteiger partial charge in [-0.25, -0.2) is 4.98 Å². The lowest BCUT2D eigenvalue weighted by molar-refractivity contribution is 0.106. The first-order valence-corrected chi connectivity index (χ1v) is 5.47. The van der Waals surface area contributed by atoms with Gasteiger partial charge in [0.25, 0.3) is 0 Å². The Balaban J connectivity index is 2.61. The van der Waals surface area contributed by atoms with Crippen LogP contribution in [0.4, 0.5) is 11.5 Å². The van der Waals surface area contributed by atoms with Crippen LogP contribution in [0.1, 0.15) is 13.8 Å². The van der Waals surface area contributed by atoms with Crippen molar-refractivity contribution in [2.24, 2.45) is 0 Å². The molecular formula is C12H21N3O. The Morgan fingerprint density at radius 2 is 2.00 bits per heavy atom. The summed E-state index contributed by atoms with van der Waals surface area (Å²) in [5, 5.41) is 3.30. The summed E-state index contributed by atoms with van der Waals surface area (Å²) in [5.41, 5.74) is 1.10. The van der Waals surface area contributed by atoms with E-state index in [1.165, 1.54) is 0 Å². The average Bonchev–Trinajstić information content (AvgIpc) is 2.28. The van der Waals surface area contributed by atoms with Gasteiger partial charge in [0.15, 0.2) is 0 Å². The Hall–Kier alpha value is -1.29. The highest BCUT2D eigenvalue weighted by molar-refractivity contribution is 5.48. The van der Waals surface area contributed by atoms with Gasteiger partial charge in [-0.3, -0.25) is 0 Å². The van der Waals surface area contributed by atoms with Crippen LogP contribution < -0.4 is 10.2 Å². The number of nitrogens with zero attached hydrogens (tertiary/aromatic N) is 2. The largest absolute Gasteiger partial charge is 0.380 e. The third kappa shape index (κ3) is 3.38. The van der Waals surface area contributed by atoms with Crippen LogP contribution in [0, 0.1) is 0 Å². The van der Waals surface area contributed by atoms with Gasteiger partial charge in [-0.1, -0.05) is 0 Å². The first-order valence-electron chi connectivity index (χ1n) is 5.47. The quantitative estimate of drug-likeness (QED) is 0.828. The van der Waals surface area contributed by atoms with Crippen LogP contribution >= 0.6 is 0 Å². The molecule has 1 aromatic heterocycles. The van der Waals surface area contributed by atoms with Crippen molar-refractivity contribution >= 4 is 11.5 Å². The number of methoxy groups -OCH3 is 1. The Kier molecular flexibility index (Phi) is 4.55. The van der Waals surface area contributed by atoms with Crippen molar-refractivity contribution in [2.45, 2.75) is 26.0 Å². The summed E-state index contributed by atoms with van der Waals surface area (Å²) in [6, 6.07) is 4.26. The molecule has 2 unspecified atom stereocenters. The molecule has 1 N–H and O–H groups in total. The topological polar surface area (TPSA) is 37.4 Å². The monoisotopic (exact) mass is 223 g/mol. The van der Waals surface area contributed by atoms with Crippen LogP contribution in [0.15, 0.2) is 18.3 Å². The summed E-state index contributed by atoms with van der Waals surface area (Å²) >= 11 is 0. The number of ether oxygens (including phenoxy) is 1. The van der Waals surface area contributed by atoms with E-state index in [9.17, 15) is 0 Å². The van der Waals surface area contributed by atoms with Crippen molar-refractivity contribution in [1.82, 2.24) is 4.98 Å². The van der Waals surface area contributed by atoms with E-state index < -0.39 is 0 Å². The van der Waals surface area contributed by atoms with Gasteiger partial charge < -0.3 is 15.0 Å². The molecule has 0 bridgehead atoms. The van der Waals surface area contributed by atoms with Crippen molar-refractivity contribution in [3.63, 3.8) is 0 Å². The summed E-state index contributed by atoms with van der Waals surface area (Å²) in [6.07, 6.45) is 2.02. The number of hydrogen-bond acceptors (Lipinski definition) is 4. The molecule has 2 atom stereocenters. The van der Waals surface area contributed by atoms with Crippen molar-refractivity contribution in [1.29, 1.82) is 0 Å². The SMILES string of the molecule is COC(C)C(C)Nc1ccc(N(C)C)cn1. The van der Waals surface area contributed by atoms with Crippen molar-refractivity contribution in [3.8, 4) is 0 Å². The van der Waals surface area contributed by atoms with Crippen LogP contribution in [0.25, 0.3) is 0 Å². The minimum atomic E-state index is 0.162.